The summed E-state index contributed by atoms with van der Waals surface area (Å²) in [5.41, 5.74) is 7.22. The summed E-state index contributed by atoms with van der Waals surface area (Å²) in [6.07, 6.45) is 0.832. The highest BCUT2D eigenvalue weighted by Crippen LogP contribution is 2.29. The second-order valence-electron chi connectivity index (χ2n) is 5.60. The lowest BCUT2D eigenvalue weighted by Gasteiger charge is -2.17. The van der Waals surface area contributed by atoms with E-state index in [-0.39, 0.29) is 6.04 Å². The molecule has 0 aliphatic rings. The van der Waals surface area contributed by atoms with Crippen molar-refractivity contribution in [3.05, 3.63) is 42.0 Å². The van der Waals surface area contributed by atoms with Crippen LogP contribution in [-0.2, 0) is 6.42 Å². The molecule has 2 rings (SSSR count). The second-order valence-corrected chi connectivity index (χ2v) is 5.60. The summed E-state index contributed by atoms with van der Waals surface area (Å²) in [6.45, 7) is 3.63. The molecule has 0 radical (unpaired) electrons. The number of likely N-dealkylation sites (N-methyl/N-ethyl adjacent to an activating group) is 1. The highest BCUT2D eigenvalue weighted by molar-refractivity contribution is 5.87. The molecule has 0 aliphatic carbocycles. The van der Waals surface area contributed by atoms with Crippen LogP contribution >= 0.6 is 0 Å². The summed E-state index contributed by atoms with van der Waals surface area (Å²) in [7, 11) is 4.10. The maximum absolute atomic E-state index is 6.00. The van der Waals surface area contributed by atoms with Crippen molar-refractivity contribution in [3.8, 4) is 5.75 Å². The zero-order valence-corrected chi connectivity index (χ0v) is 12.6. The molecule has 2 N–H and O–H groups in total. The quantitative estimate of drug-likeness (QED) is 0.878. The first-order valence-electron chi connectivity index (χ1n) is 7.11. The number of hydrogen-bond donors (Lipinski definition) is 1. The van der Waals surface area contributed by atoms with Crippen molar-refractivity contribution >= 4 is 10.8 Å². The number of nitrogens with zero attached hydrogens (tertiary/aromatic N) is 1. The maximum atomic E-state index is 6.00. The Kier molecular flexibility index (Phi) is 4.99. The van der Waals surface area contributed by atoms with E-state index in [2.05, 4.69) is 41.3 Å². The third-order valence-corrected chi connectivity index (χ3v) is 3.32. The van der Waals surface area contributed by atoms with Crippen molar-refractivity contribution in [1.29, 1.82) is 0 Å². The van der Waals surface area contributed by atoms with Crippen LogP contribution in [0.2, 0.25) is 0 Å². The van der Waals surface area contributed by atoms with Gasteiger partial charge in [0.15, 0.2) is 0 Å². The van der Waals surface area contributed by atoms with Crippen LogP contribution in [-0.4, -0.2) is 38.2 Å². The number of rotatable bonds is 6. The number of nitrogens with two attached hydrogens (primary N) is 1. The topological polar surface area (TPSA) is 38.5 Å². The van der Waals surface area contributed by atoms with Crippen LogP contribution in [0.5, 0.6) is 5.75 Å². The summed E-state index contributed by atoms with van der Waals surface area (Å²) >= 11 is 0. The van der Waals surface area contributed by atoms with Crippen LogP contribution in [0.25, 0.3) is 10.8 Å². The number of benzene rings is 2. The SMILES string of the molecule is CC(N)Cc1c(OCCN(C)C)ccc2ccccc12. The van der Waals surface area contributed by atoms with E-state index >= 15 is 0 Å². The van der Waals surface area contributed by atoms with Crippen molar-refractivity contribution in [1.82, 2.24) is 4.90 Å². The van der Waals surface area contributed by atoms with Gasteiger partial charge in [0.1, 0.15) is 12.4 Å². The van der Waals surface area contributed by atoms with Crippen LogP contribution in [0, 0.1) is 0 Å². The summed E-state index contributed by atoms with van der Waals surface area (Å²) in [5, 5.41) is 2.48. The fourth-order valence-corrected chi connectivity index (χ4v) is 2.32. The molecule has 0 saturated carbocycles. The zero-order chi connectivity index (χ0) is 14.5. The predicted octanol–water partition coefficient (Wildman–Crippen LogP) is 2.67. The van der Waals surface area contributed by atoms with Gasteiger partial charge in [-0.3, -0.25) is 0 Å². The molecule has 0 aliphatic heterocycles. The summed E-state index contributed by atoms with van der Waals surface area (Å²) in [5.74, 6) is 0.961. The van der Waals surface area contributed by atoms with Gasteiger partial charge >= 0.3 is 0 Å². The molecule has 0 saturated heterocycles. The molecule has 20 heavy (non-hydrogen) atoms. The van der Waals surface area contributed by atoms with Gasteiger partial charge in [-0.05, 0) is 44.3 Å². The number of ether oxygens (including phenoxy) is 1. The van der Waals surface area contributed by atoms with Crippen LogP contribution in [0.4, 0.5) is 0 Å². The van der Waals surface area contributed by atoms with Gasteiger partial charge in [0.05, 0.1) is 0 Å². The Labute approximate surface area is 121 Å². The average Bonchev–Trinajstić information content (AvgIpc) is 2.40. The molecule has 1 atom stereocenters. The third kappa shape index (κ3) is 3.71. The molecule has 2 aromatic carbocycles. The fourth-order valence-electron chi connectivity index (χ4n) is 2.32. The molecule has 0 heterocycles. The molecule has 2 aromatic rings. The predicted molar refractivity (Wildman–Crippen MR) is 85.4 cm³/mol. The van der Waals surface area contributed by atoms with E-state index in [0.717, 1.165) is 18.7 Å². The second kappa shape index (κ2) is 6.73. The molecule has 0 fully saturated rings. The molecule has 1 unspecified atom stereocenters. The largest absolute Gasteiger partial charge is 0.492 e. The fraction of sp³-hybridized carbons (Fsp3) is 0.412. The molecule has 0 bridgehead atoms. The van der Waals surface area contributed by atoms with Crippen LogP contribution in [0.3, 0.4) is 0 Å². The van der Waals surface area contributed by atoms with E-state index in [9.17, 15) is 0 Å². The lowest BCUT2D eigenvalue weighted by atomic mass is 9.98. The van der Waals surface area contributed by atoms with Crippen LogP contribution in [0.1, 0.15) is 12.5 Å². The van der Waals surface area contributed by atoms with Gasteiger partial charge in [-0.25, -0.2) is 0 Å². The Balaban J connectivity index is 2.32. The Morgan fingerprint density at radius 2 is 1.90 bits per heavy atom. The first-order valence-corrected chi connectivity index (χ1v) is 7.11. The van der Waals surface area contributed by atoms with Gasteiger partial charge < -0.3 is 15.4 Å². The maximum Gasteiger partial charge on any atom is 0.123 e. The van der Waals surface area contributed by atoms with Gasteiger partial charge in [0, 0.05) is 18.2 Å². The Bertz CT molecular complexity index is 564. The van der Waals surface area contributed by atoms with Gasteiger partial charge in [-0.2, -0.15) is 0 Å². The smallest absolute Gasteiger partial charge is 0.123 e. The molecule has 108 valence electrons. The monoisotopic (exact) mass is 272 g/mol. The standard InChI is InChI=1S/C17H24N2O/c1-13(18)12-16-15-7-5-4-6-14(15)8-9-17(16)20-11-10-19(2)3/h4-9,13H,10-12,18H2,1-3H3. The van der Waals surface area contributed by atoms with E-state index < -0.39 is 0 Å². The van der Waals surface area contributed by atoms with E-state index in [0.29, 0.717) is 6.61 Å². The Morgan fingerprint density at radius 1 is 1.15 bits per heavy atom. The van der Waals surface area contributed by atoms with E-state index in [4.69, 9.17) is 10.5 Å². The van der Waals surface area contributed by atoms with Crippen molar-refractivity contribution in [2.75, 3.05) is 27.2 Å². The van der Waals surface area contributed by atoms with E-state index in [1.807, 2.05) is 21.0 Å². The van der Waals surface area contributed by atoms with Gasteiger partial charge in [0.25, 0.3) is 0 Å². The van der Waals surface area contributed by atoms with Crippen molar-refractivity contribution < 1.29 is 4.74 Å². The van der Waals surface area contributed by atoms with Crippen molar-refractivity contribution in [2.45, 2.75) is 19.4 Å². The van der Waals surface area contributed by atoms with Crippen LogP contribution in [0.15, 0.2) is 36.4 Å². The molecule has 0 spiro atoms. The molecular formula is C17H24N2O. The highest BCUT2D eigenvalue weighted by Gasteiger charge is 2.10. The van der Waals surface area contributed by atoms with Gasteiger partial charge in [0.2, 0.25) is 0 Å². The normalized spacial score (nSPS) is 12.8. The number of hydrogen-bond acceptors (Lipinski definition) is 3. The lowest BCUT2D eigenvalue weighted by Crippen LogP contribution is -2.21. The van der Waals surface area contributed by atoms with E-state index in [1.54, 1.807) is 0 Å². The minimum atomic E-state index is 0.122. The van der Waals surface area contributed by atoms with Crippen LogP contribution < -0.4 is 10.5 Å². The molecule has 3 heteroatoms. The zero-order valence-electron chi connectivity index (χ0n) is 12.6. The minimum absolute atomic E-state index is 0.122. The summed E-state index contributed by atoms with van der Waals surface area (Å²) in [4.78, 5) is 2.12. The molecule has 0 aromatic heterocycles. The van der Waals surface area contributed by atoms with Crippen molar-refractivity contribution in [3.63, 3.8) is 0 Å². The molecule has 3 nitrogen and oxygen atoms in total. The van der Waals surface area contributed by atoms with Gasteiger partial charge in [-0.15, -0.1) is 0 Å². The summed E-state index contributed by atoms with van der Waals surface area (Å²) in [6, 6.07) is 12.7. The lowest BCUT2D eigenvalue weighted by molar-refractivity contribution is 0.259. The third-order valence-electron chi connectivity index (χ3n) is 3.32. The summed E-state index contributed by atoms with van der Waals surface area (Å²) < 4.78 is 5.96. The molecular weight excluding hydrogens is 248 g/mol. The Morgan fingerprint density at radius 3 is 2.60 bits per heavy atom. The first-order chi connectivity index (χ1) is 9.58. The highest BCUT2D eigenvalue weighted by atomic mass is 16.5. The minimum Gasteiger partial charge on any atom is -0.492 e. The first kappa shape index (κ1) is 14.8. The van der Waals surface area contributed by atoms with E-state index in [1.165, 1.54) is 16.3 Å². The Hall–Kier alpha value is -1.58. The van der Waals surface area contributed by atoms with Gasteiger partial charge in [-0.1, -0.05) is 30.3 Å². The average molecular weight is 272 g/mol. The molecule has 0 amide bonds. The van der Waals surface area contributed by atoms with Crippen molar-refractivity contribution in [2.24, 2.45) is 5.73 Å². The number of fused-ring (bicyclic) bond motifs is 1.